The number of thiol groups is 1. The van der Waals surface area contributed by atoms with Gasteiger partial charge in [-0.25, -0.2) is 4.21 Å². The summed E-state index contributed by atoms with van der Waals surface area (Å²) in [5, 5.41) is -1.82. The summed E-state index contributed by atoms with van der Waals surface area (Å²) in [5.41, 5.74) is 0. The highest BCUT2D eigenvalue weighted by Crippen LogP contribution is 2.47. The lowest BCUT2D eigenvalue weighted by Crippen LogP contribution is -1.94. The fourth-order valence-corrected chi connectivity index (χ4v) is 17.2. The SMILES string of the molecule is CS(=O)S(=S)(=S)SSSSS. The first kappa shape index (κ1) is 13.7. The van der Waals surface area contributed by atoms with Crippen molar-refractivity contribution >= 4 is 88.4 Å². The molecular formula is CH4OS9. The first-order valence-electron chi connectivity index (χ1n) is 1.92. The maximum Gasteiger partial charge on any atom is 0.0948 e. The molecule has 0 spiro atoms. The third-order valence-corrected chi connectivity index (χ3v) is 21.5. The average Bonchev–Trinajstić information content (AvgIpc) is 1.88. The summed E-state index contributed by atoms with van der Waals surface area (Å²) in [5.74, 6) is 0. The van der Waals surface area contributed by atoms with Crippen molar-refractivity contribution in [1.29, 1.82) is 0 Å². The van der Waals surface area contributed by atoms with Gasteiger partial charge in [0.2, 0.25) is 0 Å². The smallest absolute Gasteiger partial charge is 0.0948 e. The molecule has 1 nitrogen and oxygen atoms in total. The Labute approximate surface area is 97.4 Å². The van der Waals surface area contributed by atoms with Crippen LogP contribution in [0.1, 0.15) is 0 Å². The van der Waals surface area contributed by atoms with E-state index in [9.17, 15) is 4.21 Å². The van der Waals surface area contributed by atoms with E-state index < -0.39 is 15.0 Å². The molecule has 0 saturated heterocycles. The monoisotopic (exact) mass is 320 g/mol. The Kier molecular flexibility index (Phi) is 8.77. The molecule has 0 fully saturated rings. The van der Waals surface area contributed by atoms with Gasteiger partial charge in [-0.3, -0.25) is 0 Å². The number of rotatable bonds is 5. The Hall–Kier alpha value is 2.69. The summed E-state index contributed by atoms with van der Waals surface area (Å²) in [6.45, 7) is 0. The molecule has 10 heteroatoms. The second-order valence-corrected chi connectivity index (χ2v) is 21.2. The molecule has 0 radical (unpaired) electrons. The quantitative estimate of drug-likeness (QED) is 0.470. The number of hydrogen-bond acceptors (Lipinski definition) is 8. The van der Waals surface area contributed by atoms with Crippen LogP contribution in [0.3, 0.4) is 0 Å². The summed E-state index contributed by atoms with van der Waals surface area (Å²) >= 11 is 13.9. The maximum absolute atomic E-state index is 10.9. The molecule has 0 rings (SSSR count). The van der Waals surface area contributed by atoms with Crippen molar-refractivity contribution in [2.45, 2.75) is 0 Å². The molecule has 0 saturated carbocycles. The summed E-state index contributed by atoms with van der Waals surface area (Å²) in [6.07, 6.45) is 1.56. The minimum absolute atomic E-state index is 1.07. The topological polar surface area (TPSA) is 17.1 Å². The Morgan fingerprint density at radius 1 is 1.45 bits per heavy atom. The van der Waals surface area contributed by atoms with Crippen molar-refractivity contribution in [2.24, 2.45) is 0 Å². The van der Waals surface area contributed by atoms with E-state index in [-0.39, 0.29) is 0 Å². The van der Waals surface area contributed by atoms with Gasteiger partial charge < -0.3 is 0 Å². The van der Waals surface area contributed by atoms with Crippen molar-refractivity contribution in [3.63, 3.8) is 0 Å². The van der Waals surface area contributed by atoms with Gasteiger partial charge in [0, 0.05) is 31.1 Å². The molecule has 0 aromatic rings. The van der Waals surface area contributed by atoms with Gasteiger partial charge in [-0.15, -0.1) is 0 Å². The first-order valence-corrected chi connectivity index (χ1v) is 13.9. The Balaban J connectivity index is 3.85. The highest BCUT2D eigenvalue weighted by molar-refractivity contribution is 9.48. The van der Waals surface area contributed by atoms with Crippen molar-refractivity contribution in [3.05, 3.63) is 0 Å². The van der Waals surface area contributed by atoms with Crippen molar-refractivity contribution in [3.8, 4) is 0 Å². The van der Waals surface area contributed by atoms with Crippen molar-refractivity contribution in [2.75, 3.05) is 6.26 Å². The van der Waals surface area contributed by atoms with Gasteiger partial charge >= 0.3 is 0 Å². The lowest BCUT2D eigenvalue weighted by molar-refractivity contribution is 0.695. The molecule has 0 bridgehead atoms. The average molecular weight is 321 g/mol. The zero-order valence-corrected chi connectivity index (χ0v) is 12.5. The van der Waals surface area contributed by atoms with Crippen LogP contribution < -0.4 is 0 Å². The zero-order valence-electron chi connectivity index (χ0n) is 5.12. The highest BCUT2D eigenvalue weighted by atomic mass is 34.0. The molecule has 0 heterocycles. The first-order chi connectivity index (χ1) is 5.00. The predicted molar refractivity (Wildman–Crippen MR) is 75.5 cm³/mol. The molecule has 0 aromatic heterocycles. The molecule has 0 N–H and O–H groups in total. The molecular weight excluding hydrogens is 317 g/mol. The van der Waals surface area contributed by atoms with E-state index >= 15 is 0 Å². The van der Waals surface area contributed by atoms with Crippen LogP contribution in [0.15, 0.2) is 0 Å². The van der Waals surface area contributed by atoms with Gasteiger partial charge in [0.1, 0.15) is 0 Å². The lowest BCUT2D eigenvalue weighted by atomic mass is 12.0. The van der Waals surface area contributed by atoms with Gasteiger partial charge in [0.05, 0.1) is 9.83 Å². The molecule has 1 atom stereocenters. The standard InChI is InChI=1S/CH4OS9/c1-10(2)11(4,5)9-8-7-6-3/h3H,1H3. The van der Waals surface area contributed by atoms with Crippen LogP contribution in [0.4, 0.5) is 0 Å². The Morgan fingerprint density at radius 3 is 2.36 bits per heavy atom. The summed E-state index contributed by atoms with van der Waals surface area (Å²) in [7, 11) is 4.50. The minimum Gasteiger partial charge on any atom is -0.247 e. The predicted octanol–water partition coefficient (Wildman–Crippen LogP) is 2.80. The van der Waals surface area contributed by atoms with Crippen LogP contribution in [0.5, 0.6) is 0 Å². The van der Waals surface area contributed by atoms with E-state index in [1.807, 2.05) is 0 Å². The van der Waals surface area contributed by atoms with E-state index in [0.717, 1.165) is 0 Å². The second-order valence-electron chi connectivity index (χ2n) is 1.09. The second kappa shape index (κ2) is 7.04. The Morgan fingerprint density at radius 2 is 2.00 bits per heavy atom. The third kappa shape index (κ3) is 6.72. The van der Waals surface area contributed by atoms with Crippen LogP contribution >= 0.6 is 51.0 Å². The number of hydrogen-bond donors (Lipinski definition) is 1. The van der Waals surface area contributed by atoms with Crippen molar-refractivity contribution < 1.29 is 4.21 Å². The van der Waals surface area contributed by atoms with Crippen LogP contribution in [-0.4, -0.2) is 10.5 Å². The fraction of sp³-hybridized carbons (Fsp3) is 1.00. The van der Waals surface area contributed by atoms with E-state index in [4.69, 9.17) is 22.4 Å². The highest BCUT2D eigenvalue weighted by Gasteiger charge is 2.07. The molecule has 0 aliphatic carbocycles. The Bertz CT molecular complexity index is 212. The lowest BCUT2D eigenvalue weighted by Gasteiger charge is -2.01. The van der Waals surface area contributed by atoms with Crippen LogP contribution in [-0.2, 0) is 37.4 Å². The van der Waals surface area contributed by atoms with Gasteiger partial charge in [-0.2, -0.15) is 0 Å². The van der Waals surface area contributed by atoms with Crippen molar-refractivity contribution in [1.82, 2.24) is 0 Å². The molecule has 1 unspecified atom stereocenters. The van der Waals surface area contributed by atoms with Gasteiger partial charge in [0.15, 0.2) is 0 Å². The summed E-state index contributed by atoms with van der Waals surface area (Å²) < 4.78 is 10.9. The van der Waals surface area contributed by atoms with Crippen LogP contribution in [0, 0.1) is 0 Å². The minimum atomic E-state index is -1.82. The largest absolute Gasteiger partial charge is 0.247 e. The molecule has 0 aromatic carbocycles. The third-order valence-electron chi connectivity index (χ3n) is 0.457. The normalized spacial score (nSPS) is 14.7. The molecule has 0 aliphatic heterocycles. The molecule has 0 amide bonds. The molecule has 11 heavy (non-hydrogen) atoms. The zero-order chi connectivity index (χ0) is 8.91. The summed E-state index contributed by atoms with van der Waals surface area (Å²) in [6, 6.07) is 0. The maximum atomic E-state index is 10.9. The van der Waals surface area contributed by atoms with Gasteiger partial charge in [-0.05, 0) is 42.0 Å². The van der Waals surface area contributed by atoms with Crippen LogP contribution in [0.2, 0.25) is 0 Å². The van der Waals surface area contributed by atoms with E-state index in [0.29, 0.717) is 0 Å². The fourth-order valence-electron chi connectivity index (χ4n) is 0.0969. The van der Waals surface area contributed by atoms with Crippen LogP contribution in [0.25, 0.3) is 0 Å². The molecule has 0 aliphatic rings. The van der Waals surface area contributed by atoms with Gasteiger partial charge in [0.25, 0.3) is 0 Å². The van der Waals surface area contributed by atoms with E-state index in [2.05, 4.69) is 11.7 Å². The molecule has 68 valence electrons. The van der Waals surface area contributed by atoms with E-state index in [1.165, 1.54) is 39.3 Å². The summed E-state index contributed by atoms with van der Waals surface area (Å²) in [4.78, 5) is 0. The van der Waals surface area contributed by atoms with E-state index in [1.54, 1.807) is 6.26 Å². The van der Waals surface area contributed by atoms with Gasteiger partial charge in [-0.1, -0.05) is 11.7 Å².